The molecule has 2 heterocycles. The fourth-order valence-electron chi connectivity index (χ4n) is 2.78. The van der Waals surface area contributed by atoms with E-state index in [-0.39, 0.29) is 5.60 Å². The number of aromatic nitrogens is 2. The zero-order valence-electron chi connectivity index (χ0n) is 10.9. The molecule has 1 aliphatic rings. The van der Waals surface area contributed by atoms with Gasteiger partial charge in [-0.15, -0.1) is 0 Å². The van der Waals surface area contributed by atoms with Gasteiger partial charge in [0.1, 0.15) is 0 Å². The molecular weight excluding hydrogens is 240 g/mol. The van der Waals surface area contributed by atoms with E-state index in [0.717, 1.165) is 32.3 Å². The largest absolute Gasteiger partial charge is 0.370 e. The zero-order chi connectivity index (χ0) is 13.0. The fourth-order valence-corrected chi connectivity index (χ4v) is 2.78. The van der Waals surface area contributed by atoms with E-state index in [1.807, 2.05) is 6.07 Å². The molecule has 4 heteroatoms. The molecule has 1 unspecified atom stereocenters. The Morgan fingerprint density at radius 3 is 2.74 bits per heavy atom. The Labute approximate surface area is 112 Å². The molecule has 0 spiro atoms. The molecule has 1 aromatic carbocycles. The van der Waals surface area contributed by atoms with Gasteiger partial charge in [-0.25, -0.2) is 0 Å². The first kappa shape index (κ1) is 12.4. The first-order valence-electron chi connectivity index (χ1n) is 6.84. The standard InChI is InChI=1S/C15H18N2O2/c1-2-6-13(7-3-1)15(9-4-5-11-18-15)10-8-14-16-12-17-19-14/h1-3,6-7,12H,4-5,8-11H2. The van der Waals surface area contributed by atoms with E-state index < -0.39 is 0 Å². The Morgan fingerprint density at radius 2 is 2.05 bits per heavy atom. The van der Waals surface area contributed by atoms with Gasteiger partial charge in [0.2, 0.25) is 5.89 Å². The van der Waals surface area contributed by atoms with Crippen molar-refractivity contribution in [3.05, 3.63) is 48.1 Å². The summed E-state index contributed by atoms with van der Waals surface area (Å²) in [5.41, 5.74) is 1.07. The summed E-state index contributed by atoms with van der Waals surface area (Å²) < 4.78 is 11.2. The summed E-state index contributed by atoms with van der Waals surface area (Å²) in [5.74, 6) is 0.685. The van der Waals surface area contributed by atoms with E-state index in [1.165, 1.54) is 18.3 Å². The molecule has 1 saturated heterocycles. The van der Waals surface area contributed by atoms with Crippen LogP contribution >= 0.6 is 0 Å². The molecule has 100 valence electrons. The van der Waals surface area contributed by atoms with Crippen molar-refractivity contribution in [2.75, 3.05) is 6.61 Å². The number of hydrogen-bond donors (Lipinski definition) is 0. The van der Waals surface area contributed by atoms with Gasteiger partial charge in [0, 0.05) is 13.0 Å². The van der Waals surface area contributed by atoms with Gasteiger partial charge in [0.25, 0.3) is 0 Å². The Bertz CT molecular complexity index is 490. The minimum atomic E-state index is -0.187. The van der Waals surface area contributed by atoms with Crippen molar-refractivity contribution < 1.29 is 9.26 Å². The third kappa shape index (κ3) is 2.68. The van der Waals surface area contributed by atoms with Gasteiger partial charge in [0.15, 0.2) is 6.33 Å². The zero-order valence-corrected chi connectivity index (χ0v) is 10.9. The second kappa shape index (κ2) is 5.53. The molecule has 1 aromatic heterocycles. The summed E-state index contributed by atoms with van der Waals surface area (Å²) in [7, 11) is 0. The molecule has 1 fully saturated rings. The topological polar surface area (TPSA) is 48.2 Å². The predicted octanol–water partition coefficient (Wildman–Crippen LogP) is 3.10. The van der Waals surface area contributed by atoms with Crippen LogP contribution in [0.5, 0.6) is 0 Å². The van der Waals surface area contributed by atoms with Crippen LogP contribution in [-0.2, 0) is 16.8 Å². The summed E-state index contributed by atoms with van der Waals surface area (Å²) in [6, 6.07) is 10.5. The third-order valence-electron chi connectivity index (χ3n) is 3.80. The maximum absolute atomic E-state index is 6.16. The van der Waals surface area contributed by atoms with Crippen molar-refractivity contribution >= 4 is 0 Å². The normalized spacial score (nSPS) is 23.4. The number of rotatable bonds is 4. The number of nitrogens with zero attached hydrogens (tertiary/aromatic N) is 2. The molecule has 0 amide bonds. The molecule has 4 nitrogen and oxygen atoms in total. The Kier molecular flexibility index (Phi) is 3.60. The first-order chi connectivity index (χ1) is 9.39. The second-order valence-corrected chi connectivity index (χ2v) is 5.00. The number of ether oxygens (including phenoxy) is 1. The van der Waals surface area contributed by atoms with Crippen LogP contribution in [0.25, 0.3) is 0 Å². The lowest BCUT2D eigenvalue weighted by molar-refractivity contribution is -0.0901. The van der Waals surface area contributed by atoms with Gasteiger partial charge in [-0.05, 0) is 31.2 Å². The van der Waals surface area contributed by atoms with E-state index >= 15 is 0 Å². The highest BCUT2D eigenvalue weighted by Gasteiger charge is 2.35. The Morgan fingerprint density at radius 1 is 1.16 bits per heavy atom. The third-order valence-corrected chi connectivity index (χ3v) is 3.80. The summed E-state index contributed by atoms with van der Waals surface area (Å²) >= 11 is 0. The van der Waals surface area contributed by atoms with Gasteiger partial charge in [0.05, 0.1) is 5.60 Å². The lowest BCUT2D eigenvalue weighted by atomic mass is 9.82. The summed E-state index contributed by atoms with van der Waals surface area (Å²) in [6.07, 6.45) is 6.51. The van der Waals surface area contributed by atoms with Crippen molar-refractivity contribution in [1.82, 2.24) is 10.1 Å². The maximum Gasteiger partial charge on any atom is 0.226 e. The highest BCUT2D eigenvalue weighted by atomic mass is 16.5. The molecule has 1 atom stereocenters. The van der Waals surface area contributed by atoms with E-state index in [9.17, 15) is 0 Å². The fraction of sp³-hybridized carbons (Fsp3) is 0.467. The van der Waals surface area contributed by atoms with Crippen LogP contribution in [0.2, 0.25) is 0 Å². The Hall–Kier alpha value is -1.68. The molecule has 0 saturated carbocycles. The van der Waals surface area contributed by atoms with E-state index in [4.69, 9.17) is 9.26 Å². The molecule has 2 aromatic rings. The van der Waals surface area contributed by atoms with Crippen molar-refractivity contribution in [3.8, 4) is 0 Å². The minimum absolute atomic E-state index is 0.187. The van der Waals surface area contributed by atoms with Crippen LogP contribution in [0.4, 0.5) is 0 Å². The quantitative estimate of drug-likeness (QED) is 0.845. The summed E-state index contributed by atoms with van der Waals surface area (Å²) in [6.45, 7) is 0.832. The molecular formula is C15H18N2O2. The number of aryl methyl sites for hydroxylation is 1. The molecule has 0 aliphatic carbocycles. The van der Waals surface area contributed by atoms with Crippen molar-refractivity contribution in [1.29, 1.82) is 0 Å². The maximum atomic E-state index is 6.16. The molecule has 1 aliphatic heterocycles. The van der Waals surface area contributed by atoms with Gasteiger partial charge < -0.3 is 9.26 Å². The average Bonchev–Trinajstić information content (AvgIpc) is 3.01. The van der Waals surface area contributed by atoms with Gasteiger partial charge in [-0.3, -0.25) is 0 Å². The molecule has 0 bridgehead atoms. The summed E-state index contributed by atoms with van der Waals surface area (Å²) in [5, 5.41) is 3.65. The lowest BCUT2D eigenvalue weighted by Crippen LogP contribution is -2.34. The monoisotopic (exact) mass is 258 g/mol. The molecule has 3 rings (SSSR count). The highest BCUT2D eigenvalue weighted by molar-refractivity contribution is 5.23. The average molecular weight is 258 g/mol. The first-order valence-corrected chi connectivity index (χ1v) is 6.84. The number of benzene rings is 1. The van der Waals surface area contributed by atoms with Crippen LogP contribution in [0, 0.1) is 0 Å². The van der Waals surface area contributed by atoms with E-state index in [1.54, 1.807) is 0 Å². The SMILES string of the molecule is c1ccc(C2(CCc3ncno3)CCCCO2)cc1. The van der Waals surface area contributed by atoms with Crippen LogP contribution in [0.15, 0.2) is 41.2 Å². The highest BCUT2D eigenvalue weighted by Crippen LogP contribution is 2.38. The van der Waals surface area contributed by atoms with Crippen molar-refractivity contribution in [3.63, 3.8) is 0 Å². The molecule has 19 heavy (non-hydrogen) atoms. The van der Waals surface area contributed by atoms with Gasteiger partial charge >= 0.3 is 0 Å². The van der Waals surface area contributed by atoms with E-state index in [0.29, 0.717) is 5.89 Å². The number of hydrogen-bond acceptors (Lipinski definition) is 4. The van der Waals surface area contributed by atoms with Gasteiger partial charge in [-0.1, -0.05) is 35.5 Å². The predicted molar refractivity (Wildman–Crippen MR) is 70.5 cm³/mol. The van der Waals surface area contributed by atoms with Crippen LogP contribution in [-0.4, -0.2) is 16.7 Å². The van der Waals surface area contributed by atoms with Crippen molar-refractivity contribution in [2.45, 2.75) is 37.7 Å². The van der Waals surface area contributed by atoms with Crippen LogP contribution in [0.1, 0.15) is 37.1 Å². The van der Waals surface area contributed by atoms with Gasteiger partial charge in [-0.2, -0.15) is 4.98 Å². The lowest BCUT2D eigenvalue weighted by Gasteiger charge is -2.37. The smallest absolute Gasteiger partial charge is 0.226 e. The van der Waals surface area contributed by atoms with Crippen LogP contribution in [0.3, 0.4) is 0 Å². The van der Waals surface area contributed by atoms with Crippen molar-refractivity contribution in [2.24, 2.45) is 0 Å². The Balaban J connectivity index is 1.80. The molecule has 0 radical (unpaired) electrons. The molecule has 0 N–H and O–H groups in total. The van der Waals surface area contributed by atoms with E-state index in [2.05, 4.69) is 34.4 Å². The summed E-state index contributed by atoms with van der Waals surface area (Å²) in [4.78, 5) is 4.09. The van der Waals surface area contributed by atoms with Crippen LogP contribution < -0.4 is 0 Å². The minimum Gasteiger partial charge on any atom is -0.370 e. The second-order valence-electron chi connectivity index (χ2n) is 5.00.